The Morgan fingerprint density at radius 1 is 0.655 bits per heavy atom. The van der Waals surface area contributed by atoms with E-state index in [0.717, 1.165) is 64.5 Å². The van der Waals surface area contributed by atoms with Gasteiger partial charge in [-0.15, -0.1) is 0 Å². The van der Waals surface area contributed by atoms with E-state index >= 15 is 0 Å². The van der Waals surface area contributed by atoms with Crippen molar-refractivity contribution >= 4 is 11.6 Å². The number of rotatable bonds is 2. The maximum absolute atomic E-state index is 13.0. The molecule has 0 saturated carbocycles. The van der Waals surface area contributed by atoms with Crippen molar-refractivity contribution in [2.45, 2.75) is 6.54 Å². The summed E-state index contributed by atoms with van der Waals surface area (Å²) in [5, 5.41) is 10.3. The van der Waals surface area contributed by atoms with Gasteiger partial charge in [0, 0.05) is 81.2 Å². The lowest BCUT2D eigenvalue weighted by atomic mass is 9.83. The van der Waals surface area contributed by atoms with E-state index in [1.165, 1.54) is 0 Å². The molecule has 3 N–H and O–H groups in total. The smallest absolute Gasteiger partial charge is 0.194 e. The Hall–Kier alpha value is -2.38. The van der Waals surface area contributed by atoms with Crippen LogP contribution in [-0.4, -0.2) is 68.8 Å². The van der Waals surface area contributed by atoms with Crippen molar-refractivity contribution in [3.63, 3.8) is 0 Å². The molecule has 2 aliphatic rings. The summed E-state index contributed by atoms with van der Waals surface area (Å²) in [6.45, 7) is 8.37. The van der Waals surface area contributed by atoms with Crippen LogP contribution in [0.3, 0.4) is 0 Å². The summed E-state index contributed by atoms with van der Waals surface area (Å²) in [7, 11) is 0. The molecular formula is C23H28N4O2. The third-order valence-corrected chi connectivity index (χ3v) is 5.56. The van der Waals surface area contributed by atoms with E-state index in [1.54, 1.807) is 18.2 Å². The molecule has 1 aliphatic carbocycles. The second kappa shape index (κ2) is 9.41. The van der Waals surface area contributed by atoms with Crippen molar-refractivity contribution in [3.8, 4) is 0 Å². The predicted octanol–water partition coefficient (Wildman–Crippen LogP) is 1.05. The first-order valence-corrected chi connectivity index (χ1v) is 10.4. The van der Waals surface area contributed by atoms with Crippen LogP contribution in [0.1, 0.15) is 37.4 Å². The predicted molar refractivity (Wildman–Crippen MR) is 114 cm³/mol. The number of nitrogens with one attached hydrogen (secondary N) is 3. The van der Waals surface area contributed by atoms with Crippen LogP contribution in [0.25, 0.3) is 0 Å². The van der Waals surface area contributed by atoms with E-state index in [9.17, 15) is 9.59 Å². The van der Waals surface area contributed by atoms with Gasteiger partial charge >= 0.3 is 0 Å². The normalized spacial score (nSPS) is 19.0. The molecule has 2 aromatic rings. The number of benzene rings is 2. The molecular weight excluding hydrogens is 364 g/mol. The highest BCUT2D eigenvalue weighted by Gasteiger charge is 2.29. The average molecular weight is 393 g/mol. The van der Waals surface area contributed by atoms with Crippen LogP contribution >= 0.6 is 0 Å². The number of fused-ring (bicyclic) bond motifs is 2. The molecule has 29 heavy (non-hydrogen) atoms. The van der Waals surface area contributed by atoms with Crippen molar-refractivity contribution < 1.29 is 9.59 Å². The average Bonchev–Trinajstić information content (AvgIpc) is 2.74. The van der Waals surface area contributed by atoms with Crippen molar-refractivity contribution in [1.82, 2.24) is 20.9 Å². The highest BCUT2D eigenvalue weighted by atomic mass is 16.1. The molecule has 4 rings (SSSR count). The molecule has 152 valence electrons. The van der Waals surface area contributed by atoms with Crippen molar-refractivity contribution in [2.24, 2.45) is 0 Å². The summed E-state index contributed by atoms with van der Waals surface area (Å²) in [6, 6.07) is 12.8. The van der Waals surface area contributed by atoms with Crippen molar-refractivity contribution in [3.05, 3.63) is 70.3 Å². The lowest BCUT2D eigenvalue weighted by Crippen LogP contribution is -2.41. The van der Waals surface area contributed by atoms with Crippen molar-refractivity contribution in [1.29, 1.82) is 0 Å². The van der Waals surface area contributed by atoms with Crippen LogP contribution in [0.4, 0.5) is 0 Å². The van der Waals surface area contributed by atoms with Gasteiger partial charge in [-0.25, -0.2) is 0 Å². The fourth-order valence-corrected chi connectivity index (χ4v) is 3.98. The highest BCUT2D eigenvalue weighted by Crippen LogP contribution is 2.28. The van der Waals surface area contributed by atoms with Gasteiger partial charge in [-0.3, -0.25) is 14.5 Å². The lowest BCUT2D eigenvalue weighted by molar-refractivity contribution is 0.0979. The zero-order valence-corrected chi connectivity index (χ0v) is 16.7. The minimum Gasteiger partial charge on any atom is -0.314 e. The minimum atomic E-state index is -0.0601. The van der Waals surface area contributed by atoms with Gasteiger partial charge in [0.1, 0.15) is 0 Å². The molecule has 1 aliphatic heterocycles. The van der Waals surface area contributed by atoms with Crippen LogP contribution in [0.2, 0.25) is 0 Å². The number of nitrogens with zero attached hydrogens (tertiary/aromatic N) is 1. The summed E-state index contributed by atoms with van der Waals surface area (Å²) >= 11 is 0. The Bertz CT molecular complexity index is 884. The number of carbonyl (C=O) groups is 2. The van der Waals surface area contributed by atoms with Crippen LogP contribution in [0.5, 0.6) is 0 Å². The summed E-state index contributed by atoms with van der Waals surface area (Å²) in [5.74, 6) is -0.114. The monoisotopic (exact) mass is 392 g/mol. The van der Waals surface area contributed by atoms with Gasteiger partial charge in [-0.05, 0) is 17.7 Å². The van der Waals surface area contributed by atoms with E-state index in [0.29, 0.717) is 22.3 Å². The largest absolute Gasteiger partial charge is 0.314 e. The van der Waals surface area contributed by atoms with Crippen LogP contribution < -0.4 is 16.0 Å². The minimum absolute atomic E-state index is 0.0541. The SMILES string of the molecule is O=C1c2ccccc2C(=O)c2cc(CN3CCNCCNCCNCC3)ccc21. The summed E-state index contributed by atoms with van der Waals surface area (Å²) in [5.41, 5.74) is 3.13. The molecule has 0 amide bonds. The third kappa shape index (κ3) is 4.62. The van der Waals surface area contributed by atoms with Gasteiger partial charge in [0.05, 0.1) is 0 Å². The van der Waals surface area contributed by atoms with Crippen molar-refractivity contribution in [2.75, 3.05) is 52.4 Å². The first-order chi connectivity index (χ1) is 14.2. The van der Waals surface area contributed by atoms with Gasteiger partial charge in [0.15, 0.2) is 11.6 Å². The first-order valence-electron chi connectivity index (χ1n) is 10.4. The molecule has 0 spiro atoms. The van der Waals surface area contributed by atoms with E-state index < -0.39 is 0 Å². The Balaban J connectivity index is 1.50. The van der Waals surface area contributed by atoms with E-state index in [1.807, 2.05) is 24.3 Å². The van der Waals surface area contributed by atoms with Crippen LogP contribution in [-0.2, 0) is 6.54 Å². The Kier molecular flexibility index (Phi) is 6.46. The number of hydrogen-bond acceptors (Lipinski definition) is 6. The fourth-order valence-electron chi connectivity index (χ4n) is 3.98. The number of hydrogen-bond donors (Lipinski definition) is 3. The molecule has 2 aromatic carbocycles. The second-order valence-corrected chi connectivity index (χ2v) is 7.61. The van der Waals surface area contributed by atoms with Crippen LogP contribution in [0.15, 0.2) is 42.5 Å². The topological polar surface area (TPSA) is 73.5 Å². The molecule has 1 heterocycles. The first kappa shape index (κ1) is 19.9. The van der Waals surface area contributed by atoms with E-state index in [4.69, 9.17) is 0 Å². The fraction of sp³-hybridized carbons (Fsp3) is 0.391. The Labute approximate surface area is 171 Å². The van der Waals surface area contributed by atoms with Crippen LogP contribution in [0, 0.1) is 0 Å². The highest BCUT2D eigenvalue weighted by molar-refractivity contribution is 6.28. The molecule has 0 aromatic heterocycles. The molecule has 0 bridgehead atoms. The van der Waals surface area contributed by atoms with Gasteiger partial charge in [-0.1, -0.05) is 30.3 Å². The van der Waals surface area contributed by atoms with E-state index in [-0.39, 0.29) is 11.6 Å². The molecule has 0 atom stereocenters. The Morgan fingerprint density at radius 3 is 1.79 bits per heavy atom. The molecule has 1 fully saturated rings. The van der Waals surface area contributed by atoms with Gasteiger partial charge in [0.2, 0.25) is 0 Å². The molecule has 0 radical (unpaired) electrons. The van der Waals surface area contributed by atoms with Gasteiger partial charge in [-0.2, -0.15) is 0 Å². The van der Waals surface area contributed by atoms with Gasteiger partial charge in [0.25, 0.3) is 0 Å². The Morgan fingerprint density at radius 2 is 1.17 bits per heavy atom. The van der Waals surface area contributed by atoms with E-state index in [2.05, 4.69) is 20.9 Å². The summed E-state index contributed by atoms with van der Waals surface area (Å²) < 4.78 is 0. The summed E-state index contributed by atoms with van der Waals surface area (Å²) in [4.78, 5) is 28.1. The third-order valence-electron chi connectivity index (χ3n) is 5.56. The molecule has 6 heteroatoms. The maximum atomic E-state index is 13.0. The zero-order valence-electron chi connectivity index (χ0n) is 16.7. The van der Waals surface area contributed by atoms with Gasteiger partial charge < -0.3 is 16.0 Å². The molecule has 1 saturated heterocycles. The molecule has 0 unspecified atom stereocenters. The quantitative estimate of drug-likeness (QED) is 0.605. The summed E-state index contributed by atoms with van der Waals surface area (Å²) in [6.07, 6.45) is 0. The second-order valence-electron chi connectivity index (χ2n) is 7.61. The maximum Gasteiger partial charge on any atom is 0.194 e. The number of ketones is 2. The lowest BCUT2D eigenvalue weighted by Gasteiger charge is -2.25. The molecule has 6 nitrogen and oxygen atoms in total. The number of carbonyl (C=O) groups excluding carboxylic acids is 2. The zero-order chi connectivity index (χ0) is 20.1. The standard InChI is InChI=1S/C23H28N4O2/c28-22-18-3-1-2-4-19(18)23(29)21-15-17(5-6-20(21)22)16-27-13-11-25-9-7-24-8-10-26-12-14-27/h1-6,15,24-26H,7-14,16H2.